The third kappa shape index (κ3) is 16.0. The largest absolute Gasteiger partial charge is 0.380 e. The normalized spacial score (nSPS) is 23.9. The second kappa shape index (κ2) is 20.8. The number of ether oxygens (including phenoxy) is 2. The summed E-state index contributed by atoms with van der Waals surface area (Å²) in [6.45, 7) is 8.00. The zero-order valence-electron chi connectivity index (χ0n) is 25.1. The lowest BCUT2D eigenvalue weighted by Crippen LogP contribution is -2.37. The van der Waals surface area contributed by atoms with Gasteiger partial charge in [-0.05, 0) is 69.9 Å². The van der Waals surface area contributed by atoms with E-state index >= 15 is 0 Å². The van der Waals surface area contributed by atoms with Crippen LogP contribution >= 0.6 is 0 Å². The molecule has 2 rings (SSSR count). The van der Waals surface area contributed by atoms with Crippen LogP contribution in [0.25, 0.3) is 0 Å². The summed E-state index contributed by atoms with van der Waals surface area (Å²) in [6.07, 6.45) is 28.3. The first-order valence-electron chi connectivity index (χ1n) is 16.5. The molecular weight excluding hydrogens is 442 g/mol. The first-order valence-corrected chi connectivity index (χ1v) is 16.5. The molecule has 0 N–H and O–H groups in total. The zero-order chi connectivity index (χ0) is 25.8. The summed E-state index contributed by atoms with van der Waals surface area (Å²) in [7, 11) is 4.28. The van der Waals surface area contributed by atoms with E-state index in [1.807, 2.05) is 0 Å². The minimum absolute atomic E-state index is 0.378. The highest BCUT2D eigenvalue weighted by Crippen LogP contribution is 2.54. The van der Waals surface area contributed by atoms with Crippen molar-refractivity contribution in [3.05, 3.63) is 0 Å². The van der Waals surface area contributed by atoms with Crippen LogP contribution in [0.4, 0.5) is 0 Å². The predicted octanol–water partition coefficient (Wildman–Crippen LogP) is 9.28. The van der Waals surface area contributed by atoms with Gasteiger partial charge in [0.2, 0.25) is 0 Å². The summed E-state index contributed by atoms with van der Waals surface area (Å²) >= 11 is 0. The van der Waals surface area contributed by atoms with E-state index in [0.717, 1.165) is 50.1 Å². The SMILES string of the molecule is CCCCCCCCOCC(COCCCCCCCC[C@H]1C[C@H]1C[C@H]1C[C@H]1CCCCC)N(C)C. The van der Waals surface area contributed by atoms with Crippen molar-refractivity contribution >= 4 is 0 Å². The van der Waals surface area contributed by atoms with E-state index in [-0.39, 0.29) is 0 Å². The molecule has 0 aromatic rings. The standard InChI is InChI=1S/C33H65NO2/c1-5-7-9-10-14-18-22-35-27-33(34(3)4)28-36-23-19-15-12-11-13-17-21-30-25-32(30)26-31-24-29(31)20-16-8-6-2/h29-33H,5-28H2,1-4H3/t29-,30+,31-,32+,33?/m1/s1. The molecule has 2 fully saturated rings. The van der Waals surface area contributed by atoms with Gasteiger partial charge in [-0.15, -0.1) is 0 Å². The van der Waals surface area contributed by atoms with Crippen LogP contribution in [0.1, 0.15) is 142 Å². The van der Waals surface area contributed by atoms with Crippen LogP contribution in [0.5, 0.6) is 0 Å². The van der Waals surface area contributed by atoms with Crippen LogP contribution in [0.3, 0.4) is 0 Å². The van der Waals surface area contributed by atoms with Gasteiger partial charge in [0.25, 0.3) is 0 Å². The number of hydrogen-bond donors (Lipinski definition) is 0. The van der Waals surface area contributed by atoms with Gasteiger partial charge in [-0.1, -0.05) is 110 Å². The average Bonchev–Trinajstić information content (AvgIpc) is 3.79. The number of hydrogen-bond acceptors (Lipinski definition) is 3. The fourth-order valence-corrected chi connectivity index (χ4v) is 6.04. The number of likely N-dealkylation sites (N-methyl/N-ethyl adjacent to an activating group) is 1. The van der Waals surface area contributed by atoms with Gasteiger partial charge in [0.1, 0.15) is 0 Å². The van der Waals surface area contributed by atoms with Gasteiger partial charge in [0.05, 0.1) is 19.3 Å². The van der Waals surface area contributed by atoms with Crippen molar-refractivity contribution in [1.82, 2.24) is 4.90 Å². The summed E-state index contributed by atoms with van der Waals surface area (Å²) in [5, 5.41) is 0. The smallest absolute Gasteiger partial charge is 0.0644 e. The molecule has 0 aliphatic heterocycles. The van der Waals surface area contributed by atoms with Crippen molar-refractivity contribution < 1.29 is 9.47 Å². The molecule has 3 nitrogen and oxygen atoms in total. The molecule has 0 bridgehead atoms. The summed E-state index contributed by atoms with van der Waals surface area (Å²) in [5.74, 6) is 4.48. The molecule has 0 amide bonds. The van der Waals surface area contributed by atoms with E-state index in [1.54, 1.807) is 19.3 Å². The van der Waals surface area contributed by atoms with E-state index in [0.29, 0.717) is 6.04 Å². The Bertz CT molecular complexity index is 496. The molecule has 214 valence electrons. The molecule has 2 aliphatic rings. The quantitative estimate of drug-likeness (QED) is 0.103. The Morgan fingerprint density at radius 1 is 0.556 bits per heavy atom. The highest BCUT2D eigenvalue weighted by atomic mass is 16.5. The van der Waals surface area contributed by atoms with E-state index < -0.39 is 0 Å². The van der Waals surface area contributed by atoms with Crippen molar-refractivity contribution in [3.63, 3.8) is 0 Å². The summed E-state index contributed by atoms with van der Waals surface area (Å²) in [4.78, 5) is 2.25. The first kappa shape index (κ1) is 32.1. The summed E-state index contributed by atoms with van der Waals surface area (Å²) < 4.78 is 12.0. The maximum atomic E-state index is 6.01. The molecule has 0 saturated heterocycles. The van der Waals surface area contributed by atoms with E-state index in [1.165, 1.54) is 109 Å². The van der Waals surface area contributed by atoms with Crippen molar-refractivity contribution in [2.75, 3.05) is 40.5 Å². The lowest BCUT2D eigenvalue weighted by atomic mass is 10.0. The zero-order valence-corrected chi connectivity index (χ0v) is 25.1. The second-order valence-corrected chi connectivity index (χ2v) is 12.7. The van der Waals surface area contributed by atoms with E-state index in [4.69, 9.17) is 9.47 Å². The molecular formula is C33H65NO2. The van der Waals surface area contributed by atoms with Crippen LogP contribution in [-0.2, 0) is 9.47 Å². The van der Waals surface area contributed by atoms with Crippen LogP contribution in [-0.4, -0.2) is 51.5 Å². The minimum atomic E-state index is 0.378. The Morgan fingerprint density at radius 2 is 0.972 bits per heavy atom. The van der Waals surface area contributed by atoms with Gasteiger partial charge in [0, 0.05) is 13.2 Å². The summed E-state index contributed by atoms with van der Waals surface area (Å²) in [5.41, 5.74) is 0. The third-order valence-electron chi connectivity index (χ3n) is 9.03. The van der Waals surface area contributed by atoms with Gasteiger partial charge in [0.15, 0.2) is 0 Å². The Morgan fingerprint density at radius 3 is 1.47 bits per heavy atom. The molecule has 3 heteroatoms. The highest BCUT2D eigenvalue weighted by molar-refractivity contribution is 4.94. The summed E-state index contributed by atoms with van der Waals surface area (Å²) in [6, 6.07) is 0.378. The van der Waals surface area contributed by atoms with E-state index in [2.05, 4.69) is 32.8 Å². The molecule has 36 heavy (non-hydrogen) atoms. The monoisotopic (exact) mass is 508 g/mol. The topological polar surface area (TPSA) is 21.7 Å². The maximum absolute atomic E-state index is 6.01. The Hall–Kier alpha value is -0.120. The number of rotatable bonds is 27. The number of nitrogens with zero attached hydrogens (tertiary/aromatic N) is 1. The molecule has 0 spiro atoms. The molecule has 2 saturated carbocycles. The molecule has 0 radical (unpaired) electrons. The van der Waals surface area contributed by atoms with Gasteiger partial charge in [-0.25, -0.2) is 0 Å². The average molecular weight is 508 g/mol. The fraction of sp³-hybridized carbons (Fsp3) is 1.00. The Kier molecular flexibility index (Phi) is 18.5. The first-order chi connectivity index (χ1) is 17.7. The molecule has 5 atom stereocenters. The Balaban J connectivity index is 1.31. The van der Waals surface area contributed by atoms with Crippen molar-refractivity contribution in [1.29, 1.82) is 0 Å². The fourth-order valence-electron chi connectivity index (χ4n) is 6.04. The highest BCUT2D eigenvalue weighted by Gasteiger charge is 2.44. The van der Waals surface area contributed by atoms with Crippen LogP contribution in [0, 0.1) is 23.7 Å². The van der Waals surface area contributed by atoms with Crippen LogP contribution in [0.2, 0.25) is 0 Å². The Labute approximate surface area is 226 Å². The molecule has 2 aliphatic carbocycles. The van der Waals surface area contributed by atoms with Gasteiger partial charge >= 0.3 is 0 Å². The molecule has 0 heterocycles. The predicted molar refractivity (Wildman–Crippen MR) is 157 cm³/mol. The molecule has 1 unspecified atom stereocenters. The third-order valence-corrected chi connectivity index (χ3v) is 9.03. The van der Waals surface area contributed by atoms with Gasteiger partial charge < -0.3 is 14.4 Å². The maximum Gasteiger partial charge on any atom is 0.0644 e. The van der Waals surface area contributed by atoms with Gasteiger partial charge in [-0.2, -0.15) is 0 Å². The van der Waals surface area contributed by atoms with Crippen molar-refractivity contribution in [2.45, 2.75) is 148 Å². The molecule has 0 aromatic carbocycles. The lowest BCUT2D eigenvalue weighted by Gasteiger charge is -2.24. The van der Waals surface area contributed by atoms with Gasteiger partial charge in [-0.3, -0.25) is 0 Å². The second-order valence-electron chi connectivity index (χ2n) is 12.7. The van der Waals surface area contributed by atoms with Crippen LogP contribution in [0.15, 0.2) is 0 Å². The lowest BCUT2D eigenvalue weighted by molar-refractivity contribution is 0.0197. The molecule has 0 aromatic heterocycles. The van der Waals surface area contributed by atoms with Crippen molar-refractivity contribution in [3.8, 4) is 0 Å². The van der Waals surface area contributed by atoms with Crippen molar-refractivity contribution in [2.24, 2.45) is 23.7 Å². The van der Waals surface area contributed by atoms with E-state index in [9.17, 15) is 0 Å². The number of unbranched alkanes of at least 4 members (excludes halogenated alkanes) is 12. The van der Waals surface area contributed by atoms with Crippen LogP contribution < -0.4 is 0 Å². The minimum Gasteiger partial charge on any atom is -0.380 e.